The molecule has 0 spiro atoms. The molecule has 0 bridgehead atoms. The molecule has 0 unspecified atom stereocenters. The van der Waals surface area contributed by atoms with E-state index in [1.807, 2.05) is 6.07 Å². The Balaban J connectivity index is 0.00000180. The first-order chi connectivity index (χ1) is 8.55. The standard InChI is InChI=1S/C13H12FNO2S.ClH/c14-12-6-8-13(9-7-12)15-18(16,17)10-11-4-2-1-3-5-11;/h1-9,15H,10H2;1H. The van der Waals surface area contributed by atoms with Crippen LogP contribution in [0.3, 0.4) is 0 Å². The average Bonchev–Trinajstić information content (AvgIpc) is 2.32. The first-order valence-corrected chi connectivity index (χ1v) is 7.00. The van der Waals surface area contributed by atoms with Crippen LogP contribution in [0.4, 0.5) is 10.1 Å². The summed E-state index contributed by atoms with van der Waals surface area (Å²) in [6, 6.07) is 14.1. The topological polar surface area (TPSA) is 46.2 Å². The van der Waals surface area contributed by atoms with E-state index in [4.69, 9.17) is 0 Å². The van der Waals surface area contributed by atoms with Gasteiger partial charge < -0.3 is 0 Å². The Bertz CT molecular complexity index is 615. The molecule has 102 valence electrons. The highest BCUT2D eigenvalue weighted by Gasteiger charge is 2.11. The highest BCUT2D eigenvalue weighted by Crippen LogP contribution is 2.13. The van der Waals surface area contributed by atoms with Crippen molar-refractivity contribution in [3.8, 4) is 0 Å². The van der Waals surface area contributed by atoms with Gasteiger partial charge in [-0.1, -0.05) is 30.3 Å². The minimum atomic E-state index is -3.47. The summed E-state index contributed by atoms with van der Waals surface area (Å²) >= 11 is 0. The molecule has 2 aromatic rings. The average molecular weight is 302 g/mol. The number of sulfonamides is 1. The van der Waals surface area contributed by atoms with E-state index in [9.17, 15) is 12.8 Å². The number of benzene rings is 2. The molecule has 0 saturated carbocycles. The van der Waals surface area contributed by atoms with Gasteiger partial charge in [0.25, 0.3) is 0 Å². The smallest absolute Gasteiger partial charge is 0.236 e. The molecule has 0 aliphatic heterocycles. The SMILES string of the molecule is Cl.O=S(=O)(Cc1ccccc1)Nc1ccc(F)cc1. The number of anilines is 1. The van der Waals surface area contributed by atoms with Crippen LogP contribution in [-0.4, -0.2) is 8.42 Å². The van der Waals surface area contributed by atoms with E-state index in [-0.39, 0.29) is 18.2 Å². The summed E-state index contributed by atoms with van der Waals surface area (Å²) in [5.74, 6) is -0.508. The Morgan fingerprint density at radius 3 is 2.11 bits per heavy atom. The maximum Gasteiger partial charge on any atom is 0.236 e. The van der Waals surface area contributed by atoms with Crippen LogP contribution in [0.25, 0.3) is 0 Å². The largest absolute Gasteiger partial charge is 0.283 e. The molecule has 2 rings (SSSR count). The fourth-order valence-electron chi connectivity index (χ4n) is 1.53. The fraction of sp³-hybridized carbons (Fsp3) is 0.0769. The van der Waals surface area contributed by atoms with Crippen LogP contribution in [0, 0.1) is 5.82 Å². The summed E-state index contributed by atoms with van der Waals surface area (Å²) in [6.45, 7) is 0. The molecule has 2 aromatic carbocycles. The molecule has 0 heterocycles. The van der Waals surface area contributed by atoms with Gasteiger partial charge >= 0.3 is 0 Å². The second-order valence-electron chi connectivity index (χ2n) is 3.85. The van der Waals surface area contributed by atoms with Gasteiger partial charge in [-0.3, -0.25) is 4.72 Å². The van der Waals surface area contributed by atoms with Crippen molar-refractivity contribution in [2.45, 2.75) is 5.75 Å². The number of hydrogen-bond acceptors (Lipinski definition) is 2. The summed E-state index contributed by atoms with van der Waals surface area (Å²) in [7, 11) is -3.47. The lowest BCUT2D eigenvalue weighted by Gasteiger charge is -2.07. The van der Waals surface area contributed by atoms with Gasteiger partial charge in [0.05, 0.1) is 5.75 Å². The van der Waals surface area contributed by atoms with Gasteiger partial charge in [0.1, 0.15) is 5.82 Å². The normalized spacial score (nSPS) is 10.6. The second-order valence-corrected chi connectivity index (χ2v) is 5.58. The molecule has 1 N–H and O–H groups in total. The monoisotopic (exact) mass is 301 g/mol. The molecular formula is C13H13ClFNO2S. The second kappa shape index (κ2) is 6.54. The Labute approximate surface area is 117 Å². The Hall–Kier alpha value is -1.59. The first-order valence-electron chi connectivity index (χ1n) is 5.35. The summed E-state index contributed by atoms with van der Waals surface area (Å²) in [5, 5.41) is 0. The molecular weight excluding hydrogens is 289 g/mol. The van der Waals surface area contributed by atoms with Crippen molar-refractivity contribution in [2.75, 3.05) is 4.72 Å². The number of hydrogen-bond donors (Lipinski definition) is 1. The Kier molecular flexibility index (Phi) is 5.32. The molecule has 0 amide bonds. The molecule has 6 heteroatoms. The minimum Gasteiger partial charge on any atom is -0.283 e. The molecule has 0 aromatic heterocycles. The number of nitrogens with one attached hydrogen (secondary N) is 1. The van der Waals surface area contributed by atoms with E-state index in [2.05, 4.69) is 4.72 Å². The molecule has 0 aliphatic carbocycles. The third-order valence-electron chi connectivity index (χ3n) is 2.32. The molecule has 0 atom stereocenters. The summed E-state index contributed by atoms with van der Waals surface area (Å²) < 4.78 is 38.8. The van der Waals surface area contributed by atoms with Gasteiger partial charge in [0, 0.05) is 5.69 Å². The zero-order valence-corrected chi connectivity index (χ0v) is 11.5. The lowest BCUT2D eigenvalue weighted by Crippen LogP contribution is -2.14. The zero-order chi connectivity index (χ0) is 13.0. The van der Waals surface area contributed by atoms with Crippen LogP contribution in [-0.2, 0) is 15.8 Å². The fourth-order valence-corrected chi connectivity index (χ4v) is 2.73. The van der Waals surface area contributed by atoms with E-state index >= 15 is 0 Å². The molecule has 0 radical (unpaired) electrons. The number of rotatable bonds is 4. The van der Waals surface area contributed by atoms with Crippen LogP contribution in [0.1, 0.15) is 5.56 Å². The van der Waals surface area contributed by atoms with Gasteiger partial charge in [-0.25, -0.2) is 12.8 Å². The van der Waals surface area contributed by atoms with Crippen molar-refractivity contribution in [3.63, 3.8) is 0 Å². The van der Waals surface area contributed by atoms with E-state index in [0.717, 1.165) is 0 Å². The van der Waals surface area contributed by atoms with E-state index < -0.39 is 15.8 Å². The Morgan fingerprint density at radius 1 is 0.947 bits per heavy atom. The van der Waals surface area contributed by atoms with Gasteiger partial charge in [-0.05, 0) is 29.8 Å². The van der Waals surface area contributed by atoms with Crippen LogP contribution in [0.15, 0.2) is 54.6 Å². The van der Waals surface area contributed by atoms with Gasteiger partial charge in [0.15, 0.2) is 0 Å². The lowest BCUT2D eigenvalue weighted by molar-refractivity contribution is 0.600. The Morgan fingerprint density at radius 2 is 1.53 bits per heavy atom. The maximum absolute atomic E-state index is 12.7. The third-order valence-corrected chi connectivity index (χ3v) is 3.58. The van der Waals surface area contributed by atoms with Crippen molar-refractivity contribution in [3.05, 3.63) is 66.0 Å². The molecule has 19 heavy (non-hydrogen) atoms. The first kappa shape index (κ1) is 15.5. The highest BCUT2D eigenvalue weighted by molar-refractivity contribution is 7.91. The summed E-state index contributed by atoms with van der Waals surface area (Å²) in [5.41, 5.74) is 1.06. The van der Waals surface area contributed by atoms with Gasteiger partial charge in [-0.15, -0.1) is 12.4 Å². The van der Waals surface area contributed by atoms with Crippen LogP contribution in [0.5, 0.6) is 0 Å². The van der Waals surface area contributed by atoms with Crippen LogP contribution >= 0.6 is 12.4 Å². The van der Waals surface area contributed by atoms with Gasteiger partial charge in [-0.2, -0.15) is 0 Å². The van der Waals surface area contributed by atoms with E-state index in [1.165, 1.54) is 24.3 Å². The number of halogens is 2. The van der Waals surface area contributed by atoms with E-state index in [0.29, 0.717) is 11.3 Å². The van der Waals surface area contributed by atoms with Crippen LogP contribution < -0.4 is 4.72 Å². The van der Waals surface area contributed by atoms with E-state index in [1.54, 1.807) is 24.3 Å². The summed E-state index contributed by atoms with van der Waals surface area (Å²) in [6.07, 6.45) is 0. The van der Waals surface area contributed by atoms with Crippen molar-refractivity contribution in [2.24, 2.45) is 0 Å². The molecule has 3 nitrogen and oxygen atoms in total. The van der Waals surface area contributed by atoms with Crippen molar-refractivity contribution < 1.29 is 12.8 Å². The quantitative estimate of drug-likeness (QED) is 0.942. The molecule has 0 saturated heterocycles. The summed E-state index contributed by atoms with van der Waals surface area (Å²) in [4.78, 5) is 0. The molecule has 0 fully saturated rings. The van der Waals surface area contributed by atoms with Crippen molar-refractivity contribution >= 4 is 28.1 Å². The molecule has 0 aliphatic rings. The zero-order valence-electron chi connectivity index (χ0n) is 9.91. The third kappa shape index (κ3) is 4.89. The predicted molar refractivity (Wildman–Crippen MR) is 76.3 cm³/mol. The predicted octanol–water partition coefficient (Wildman–Crippen LogP) is 3.19. The lowest BCUT2D eigenvalue weighted by atomic mass is 10.2. The van der Waals surface area contributed by atoms with Crippen LogP contribution in [0.2, 0.25) is 0 Å². The highest BCUT2D eigenvalue weighted by atomic mass is 35.5. The van der Waals surface area contributed by atoms with Gasteiger partial charge in [0.2, 0.25) is 10.0 Å². The van der Waals surface area contributed by atoms with Crippen molar-refractivity contribution in [1.82, 2.24) is 0 Å². The van der Waals surface area contributed by atoms with Crippen molar-refractivity contribution in [1.29, 1.82) is 0 Å². The minimum absolute atomic E-state index is 0. The maximum atomic E-state index is 12.7.